The molecule has 0 radical (unpaired) electrons. The van der Waals surface area contributed by atoms with E-state index >= 15 is 0 Å². The fourth-order valence-electron chi connectivity index (χ4n) is 3.99. The van der Waals surface area contributed by atoms with Gasteiger partial charge in [-0.1, -0.05) is 13.8 Å². The third-order valence-electron chi connectivity index (χ3n) is 5.85. The highest BCUT2D eigenvalue weighted by molar-refractivity contribution is 5.95. The van der Waals surface area contributed by atoms with Crippen LogP contribution in [0, 0.1) is 28.6 Å². The normalized spacial score (nSPS) is 16.3. The Balaban J connectivity index is 1.57. The number of nitrogens with zero attached hydrogens (tertiary/aromatic N) is 5. The van der Waals surface area contributed by atoms with E-state index in [-0.39, 0.29) is 29.1 Å². The molecule has 2 aliphatic heterocycles. The number of pyridine rings is 2. The first kappa shape index (κ1) is 21.6. The topological polar surface area (TPSA) is 115 Å². The van der Waals surface area contributed by atoms with Gasteiger partial charge in [-0.3, -0.25) is 19.6 Å². The maximum Gasteiger partial charge on any atom is 0.255 e. The molecule has 32 heavy (non-hydrogen) atoms. The van der Waals surface area contributed by atoms with Crippen LogP contribution in [-0.2, 0) is 0 Å². The summed E-state index contributed by atoms with van der Waals surface area (Å²) < 4.78 is 7.12. The van der Waals surface area contributed by atoms with Crippen LogP contribution in [0.3, 0.4) is 0 Å². The molecule has 166 valence electrons. The molecule has 4 rings (SSSR count). The summed E-state index contributed by atoms with van der Waals surface area (Å²) >= 11 is 0. The monoisotopic (exact) mass is 434 g/mol. The van der Waals surface area contributed by atoms with Gasteiger partial charge in [-0.2, -0.15) is 5.26 Å². The van der Waals surface area contributed by atoms with E-state index in [1.165, 1.54) is 4.57 Å². The highest BCUT2D eigenvalue weighted by Gasteiger charge is 2.27. The first-order valence-corrected chi connectivity index (χ1v) is 10.8. The van der Waals surface area contributed by atoms with Crippen LogP contribution in [-0.4, -0.2) is 52.5 Å². The number of fused-ring (bicyclic) bond motifs is 1. The molecule has 1 saturated heterocycles. The van der Waals surface area contributed by atoms with Crippen LogP contribution >= 0.6 is 0 Å². The van der Waals surface area contributed by atoms with Gasteiger partial charge in [-0.25, -0.2) is 4.98 Å². The Labute approximate surface area is 186 Å². The van der Waals surface area contributed by atoms with E-state index in [0.29, 0.717) is 56.2 Å². The molecule has 2 aromatic heterocycles. The number of ether oxygens (including phenoxy) is 1. The van der Waals surface area contributed by atoms with Crippen molar-refractivity contribution in [2.45, 2.75) is 26.7 Å². The summed E-state index contributed by atoms with van der Waals surface area (Å²) in [4.78, 5) is 33.4. The summed E-state index contributed by atoms with van der Waals surface area (Å²) in [6, 6.07) is 7.40. The fraction of sp³-hybridized carbons (Fsp3) is 0.435. The van der Waals surface area contributed by atoms with Gasteiger partial charge in [-0.05, 0) is 25.0 Å². The van der Waals surface area contributed by atoms with Crippen LogP contribution in [0.4, 0.5) is 11.5 Å². The van der Waals surface area contributed by atoms with Crippen molar-refractivity contribution in [1.82, 2.24) is 14.5 Å². The van der Waals surface area contributed by atoms with Crippen LogP contribution in [0.15, 0.2) is 30.6 Å². The summed E-state index contributed by atoms with van der Waals surface area (Å²) in [6.07, 6.45) is 4.53. The molecule has 0 saturated carbocycles. The van der Waals surface area contributed by atoms with Gasteiger partial charge in [0.15, 0.2) is 11.6 Å². The minimum absolute atomic E-state index is 0.0138. The van der Waals surface area contributed by atoms with Crippen molar-refractivity contribution >= 4 is 23.3 Å². The number of anilines is 2. The predicted molar refractivity (Wildman–Crippen MR) is 117 cm³/mol. The molecule has 1 fully saturated rings. The van der Waals surface area contributed by atoms with E-state index in [0.717, 1.165) is 5.69 Å². The Hall–Kier alpha value is -3.67. The molecule has 0 spiro atoms. The number of amides is 1. The second-order valence-corrected chi connectivity index (χ2v) is 8.37. The van der Waals surface area contributed by atoms with Crippen molar-refractivity contribution in [1.29, 1.82) is 10.7 Å². The Morgan fingerprint density at radius 2 is 2.00 bits per heavy atom. The third kappa shape index (κ3) is 4.08. The standard InChI is InChI=1S/C23H26N6O3/c1-15(2)22(30)29-8-5-18(12-20(29)25)28-9-10-32-19-11-17(14-26-21(19)28)23(31)27-6-3-16(13-24)4-7-27/h5,8,11-12,14-16,25H,3-4,6-7,9-10H2,1-2H3. The third-order valence-corrected chi connectivity index (χ3v) is 5.85. The zero-order valence-corrected chi connectivity index (χ0v) is 18.2. The van der Waals surface area contributed by atoms with Gasteiger partial charge in [0.1, 0.15) is 12.1 Å². The van der Waals surface area contributed by atoms with Crippen LogP contribution < -0.4 is 15.1 Å². The number of carbonyl (C=O) groups excluding carboxylic acids is 2. The maximum absolute atomic E-state index is 12.9. The van der Waals surface area contributed by atoms with Gasteiger partial charge in [0, 0.05) is 49.1 Å². The number of aromatic nitrogens is 2. The Morgan fingerprint density at radius 3 is 2.66 bits per heavy atom. The SMILES string of the molecule is CC(C)C(=O)n1ccc(N2CCOc3cc(C(=O)N4CCC(C#N)CC4)cnc32)cc1=N. The van der Waals surface area contributed by atoms with Gasteiger partial charge < -0.3 is 14.5 Å². The lowest BCUT2D eigenvalue weighted by atomic mass is 9.98. The Morgan fingerprint density at radius 1 is 1.25 bits per heavy atom. The van der Waals surface area contributed by atoms with Crippen molar-refractivity contribution in [3.8, 4) is 11.8 Å². The molecule has 0 bridgehead atoms. The van der Waals surface area contributed by atoms with Gasteiger partial charge in [0.25, 0.3) is 5.91 Å². The van der Waals surface area contributed by atoms with Gasteiger partial charge in [0.2, 0.25) is 5.91 Å². The summed E-state index contributed by atoms with van der Waals surface area (Å²) in [7, 11) is 0. The minimum Gasteiger partial charge on any atom is -0.488 e. The molecule has 0 atom stereocenters. The summed E-state index contributed by atoms with van der Waals surface area (Å²) in [5, 5.41) is 17.3. The molecule has 2 aromatic rings. The number of carbonyl (C=O) groups is 2. The lowest BCUT2D eigenvalue weighted by molar-refractivity contribution is 0.0706. The smallest absolute Gasteiger partial charge is 0.255 e. The van der Waals surface area contributed by atoms with Gasteiger partial charge >= 0.3 is 0 Å². The van der Waals surface area contributed by atoms with Crippen molar-refractivity contribution in [2.24, 2.45) is 11.8 Å². The molecule has 0 unspecified atom stereocenters. The lowest BCUT2D eigenvalue weighted by Gasteiger charge is -2.31. The predicted octanol–water partition coefficient (Wildman–Crippen LogP) is 2.57. The Bertz CT molecular complexity index is 1140. The maximum atomic E-state index is 12.9. The number of nitrogens with one attached hydrogen (secondary N) is 1. The summed E-state index contributed by atoms with van der Waals surface area (Å²) in [6.45, 7) is 5.67. The number of hydrogen-bond acceptors (Lipinski definition) is 7. The van der Waals surface area contributed by atoms with E-state index in [2.05, 4.69) is 11.1 Å². The van der Waals surface area contributed by atoms with E-state index in [9.17, 15) is 9.59 Å². The molecule has 2 aliphatic rings. The minimum atomic E-state index is -0.206. The van der Waals surface area contributed by atoms with E-state index < -0.39 is 0 Å². The van der Waals surface area contributed by atoms with Crippen LogP contribution in [0.25, 0.3) is 0 Å². The van der Waals surface area contributed by atoms with Crippen LogP contribution in [0.1, 0.15) is 41.8 Å². The molecule has 4 heterocycles. The number of hydrogen-bond donors (Lipinski definition) is 1. The Kier molecular flexibility index (Phi) is 5.95. The molecule has 9 nitrogen and oxygen atoms in total. The van der Waals surface area contributed by atoms with Crippen molar-refractivity contribution < 1.29 is 14.3 Å². The van der Waals surface area contributed by atoms with Gasteiger partial charge in [0.05, 0.1) is 18.2 Å². The zero-order chi connectivity index (χ0) is 22.8. The quantitative estimate of drug-likeness (QED) is 0.794. The fourth-order valence-corrected chi connectivity index (χ4v) is 3.99. The lowest BCUT2D eigenvalue weighted by Crippen LogP contribution is -2.38. The number of piperidine rings is 1. The van der Waals surface area contributed by atoms with Crippen molar-refractivity contribution in [3.05, 3.63) is 41.6 Å². The first-order valence-electron chi connectivity index (χ1n) is 10.8. The molecular weight excluding hydrogens is 408 g/mol. The molecule has 0 aromatic carbocycles. The largest absolute Gasteiger partial charge is 0.488 e. The number of nitriles is 1. The molecular formula is C23H26N6O3. The van der Waals surface area contributed by atoms with Crippen LogP contribution in [0.5, 0.6) is 5.75 Å². The second kappa shape index (κ2) is 8.83. The highest BCUT2D eigenvalue weighted by Crippen LogP contribution is 2.35. The number of likely N-dealkylation sites (tertiary alicyclic amines) is 1. The van der Waals surface area contributed by atoms with E-state index in [4.69, 9.17) is 15.4 Å². The van der Waals surface area contributed by atoms with Crippen LogP contribution in [0.2, 0.25) is 0 Å². The highest BCUT2D eigenvalue weighted by atomic mass is 16.5. The average molecular weight is 435 g/mol. The van der Waals surface area contributed by atoms with Crippen molar-refractivity contribution in [3.63, 3.8) is 0 Å². The molecule has 9 heteroatoms. The molecule has 0 aliphatic carbocycles. The van der Waals surface area contributed by atoms with E-state index in [1.807, 2.05) is 4.90 Å². The first-order chi connectivity index (χ1) is 15.4. The van der Waals surface area contributed by atoms with Gasteiger partial charge in [-0.15, -0.1) is 0 Å². The molecule has 1 amide bonds. The number of rotatable bonds is 3. The van der Waals surface area contributed by atoms with Crippen molar-refractivity contribution in [2.75, 3.05) is 31.1 Å². The zero-order valence-electron chi connectivity index (χ0n) is 18.2. The summed E-state index contributed by atoms with van der Waals surface area (Å²) in [5.41, 5.74) is 1.29. The second-order valence-electron chi connectivity index (χ2n) is 8.37. The summed E-state index contributed by atoms with van der Waals surface area (Å²) in [5.74, 6) is 0.643. The van der Waals surface area contributed by atoms with E-state index in [1.54, 1.807) is 49.3 Å². The average Bonchev–Trinajstić information content (AvgIpc) is 2.82. The molecule has 1 N–H and O–H groups in total.